The average molecular weight is 492 g/mol. The number of nitrogen functional groups attached to an aromatic ring is 1. The van der Waals surface area contributed by atoms with Gasteiger partial charge < -0.3 is 20.6 Å². The predicted molar refractivity (Wildman–Crippen MR) is 127 cm³/mol. The molecule has 36 heavy (non-hydrogen) atoms. The lowest BCUT2D eigenvalue weighted by Gasteiger charge is -2.63. The van der Waals surface area contributed by atoms with E-state index >= 15 is 0 Å². The van der Waals surface area contributed by atoms with Gasteiger partial charge in [0.2, 0.25) is 5.91 Å². The number of hydrogen-bond acceptors (Lipinski definition) is 6. The zero-order valence-corrected chi connectivity index (χ0v) is 19.4. The van der Waals surface area contributed by atoms with Crippen molar-refractivity contribution in [3.05, 3.63) is 42.2 Å². The molecule has 1 atom stereocenters. The fraction of sp³-hybridized carbons (Fsp3) is 0.333. The fourth-order valence-corrected chi connectivity index (χ4v) is 4.57. The molecule has 4 rings (SSSR count). The van der Waals surface area contributed by atoms with Gasteiger partial charge in [-0.2, -0.15) is 18.3 Å². The zero-order chi connectivity index (χ0) is 27.0. The summed E-state index contributed by atoms with van der Waals surface area (Å²) in [4.78, 5) is 30.9. The molecule has 6 radical (unpaired) electrons. The summed E-state index contributed by atoms with van der Waals surface area (Å²) >= 11 is 0. The van der Waals surface area contributed by atoms with Crippen LogP contribution in [0.3, 0.4) is 0 Å². The maximum atomic E-state index is 13.7. The highest BCUT2D eigenvalue weighted by atomic mass is 19.4. The first-order chi connectivity index (χ1) is 16.4. The lowest BCUT2D eigenvalue weighted by atomic mass is 9.46. The van der Waals surface area contributed by atoms with Gasteiger partial charge in [-0.15, -0.1) is 0 Å². The summed E-state index contributed by atoms with van der Waals surface area (Å²) in [6, 6.07) is 6.47. The van der Waals surface area contributed by atoms with Crippen LogP contribution in [0, 0.1) is 0 Å². The van der Waals surface area contributed by atoms with Crippen molar-refractivity contribution in [3.63, 3.8) is 0 Å². The Bertz CT molecular complexity index is 1410. The highest BCUT2D eigenvalue weighted by molar-refractivity contribution is 6.49. The van der Waals surface area contributed by atoms with Crippen LogP contribution in [0.5, 0.6) is 0 Å². The molecule has 1 saturated heterocycles. The first-order valence-electron chi connectivity index (χ1n) is 10.5. The van der Waals surface area contributed by atoms with Crippen LogP contribution in [0.2, 0.25) is 0 Å². The highest BCUT2D eigenvalue weighted by Crippen LogP contribution is 2.43. The third kappa shape index (κ3) is 3.47. The second-order valence-corrected chi connectivity index (χ2v) is 9.00. The molecule has 0 bridgehead atoms. The maximum Gasteiger partial charge on any atom is 0.418 e. The number of aliphatic hydroxyl groups is 1. The summed E-state index contributed by atoms with van der Waals surface area (Å²) in [6.45, 7) is 3.77. The van der Waals surface area contributed by atoms with E-state index in [1.165, 1.54) is 38.1 Å². The van der Waals surface area contributed by atoms with Gasteiger partial charge in [-0.3, -0.25) is 9.59 Å². The SMILES string of the molecule is [B]C1([B])N(c2cccc(-c3cc(C(F)(F)F)c4c(N)ncnn34)c2)C(=O)C(C)(C)N(C(C)=O)C1([B])O. The molecule has 1 aromatic carbocycles. The average Bonchev–Trinajstić information content (AvgIpc) is 3.14. The van der Waals surface area contributed by atoms with Gasteiger partial charge >= 0.3 is 6.18 Å². The number of nitrogens with zero attached hydrogens (tertiary/aromatic N) is 5. The number of aromatic nitrogens is 3. The normalized spacial score (nSPS) is 21.7. The summed E-state index contributed by atoms with van der Waals surface area (Å²) < 4.78 is 42.2. The van der Waals surface area contributed by atoms with Crippen molar-refractivity contribution in [1.82, 2.24) is 19.5 Å². The molecule has 3 heterocycles. The molecule has 1 unspecified atom stereocenters. The zero-order valence-electron chi connectivity index (χ0n) is 19.4. The van der Waals surface area contributed by atoms with Gasteiger partial charge in [-0.1, -0.05) is 12.1 Å². The Hall–Kier alpha value is -3.48. The van der Waals surface area contributed by atoms with Gasteiger partial charge in [0.15, 0.2) is 5.82 Å². The Morgan fingerprint density at radius 1 is 1.17 bits per heavy atom. The third-order valence-corrected chi connectivity index (χ3v) is 6.19. The number of carbonyl (C=O) groups is 2. The van der Waals surface area contributed by atoms with E-state index in [1.54, 1.807) is 0 Å². The summed E-state index contributed by atoms with van der Waals surface area (Å²) in [7, 11) is 18.3. The van der Waals surface area contributed by atoms with Gasteiger partial charge in [0.1, 0.15) is 30.9 Å². The number of rotatable bonds is 2. The summed E-state index contributed by atoms with van der Waals surface area (Å²) in [5.41, 5.74) is -0.0644. The molecule has 180 valence electrons. The number of piperazine rings is 1. The molecule has 0 saturated carbocycles. The summed E-state index contributed by atoms with van der Waals surface area (Å²) in [6.07, 6.45) is -3.76. The van der Waals surface area contributed by atoms with Crippen molar-refractivity contribution in [1.29, 1.82) is 0 Å². The molecule has 1 aliphatic rings. The van der Waals surface area contributed by atoms with Gasteiger partial charge in [-0.25, -0.2) is 9.50 Å². The quantitative estimate of drug-likeness (QED) is 0.512. The molecule has 0 spiro atoms. The minimum atomic E-state index is -4.76. The Kier molecular flexibility index (Phi) is 5.52. The van der Waals surface area contributed by atoms with E-state index in [-0.39, 0.29) is 22.8 Å². The predicted octanol–water partition coefficient (Wildman–Crippen LogP) is 0.776. The van der Waals surface area contributed by atoms with Crippen LogP contribution in [-0.4, -0.2) is 76.5 Å². The topological polar surface area (TPSA) is 117 Å². The minimum Gasteiger partial charge on any atom is -0.382 e. The summed E-state index contributed by atoms with van der Waals surface area (Å²) in [5.74, 6) is -1.94. The highest BCUT2D eigenvalue weighted by Gasteiger charge is 2.61. The molecule has 15 heteroatoms. The van der Waals surface area contributed by atoms with Gasteiger partial charge in [-0.05, 0) is 32.0 Å². The lowest BCUT2D eigenvalue weighted by Crippen LogP contribution is -2.85. The minimum absolute atomic E-state index is 0.00631. The standard InChI is InChI=1S/C21H18B3F3N6O3/c1-10(34)33-18(2,3)17(35)31(20(22,23)21(33,24)36)12-6-4-5-11(7-12)14-8-13(19(25,26)27)15-16(28)29-9-30-32(14)15/h4-9,36H,1-3H3,(H2,28,29,30). The first-order valence-corrected chi connectivity index (χ1v) is 10.5. The van der Waals surface area contributed by atoms with Crippen LogP contribution in [0.4, 0.5) is 24.7 Å². The lowest BCUT2D eigenvalue weighted by molar-refractivity contribution is -0.174. The van der Waals surface area contributed by atoms with Crippen LogP contribution < -0.4 is 10.6 Å². The Morgan fingerprint density at radius 3 is 2.39 bits per heavy atom. The molecule has 2 aromatic heterocycles. The molecule has 3 aromatic rings. The smallest absolute Gasteiger partial charge is 0.382 e. The van der Waals surface area contributed by atoms with E-state index in [0.717, 1.165) is 28.7 Å². The number of halogens is 3. The molecular formula is C21H18B3F3N6O3. The number of fused-ring (bicyclic) bond motifs is 1. The largest absolute Gasteiger partial charge is 0.418 e. The van der Waals surface area contributed by atoms with E-state index in [2.05, 4.69) is 10.1 Å². The van der Waals surface area contributed by atoms with Gasteiger partial charge in [0.25, 0.3) is 5.91 Å². The molecule has 1 fully saturated rings. The van der Waals surface area contributed by atoms with E-state index in [9.17, 15) is 27.9 Å². The number of carbonyl (C=O) groups excluding carboxylic acids is 2. The number of hydrogen-bond donors (Lipinski definition) is 2. The number of benzene rings is 1. The van der Waals surface area contributed by atoms with E-state index in [4.69, 9.17) is 29.3 Å². The molecule has 1 aliphatic heterocycles. The summed E-state index contributed by atoms with van der Waals surface area (Å²) in [5, 5.41) is 12.4. The number of alkyl halides is 3. The first kappa shape index (κ1) is 25.6. The van der Waals surface area contributed by atoms with E-state index in [0.29, 0.717) is 4.90 Å². The van der Waals surface area contributed by atoms with Crippen molar-refractivity contribution in [3.8, 4) is 11.3 Å². The van der Waals surface area contributed by atoms with Crippen molar-refractivity contribution in [2.75, 3.05) is 10.6 Å². The second-order valence-electron chi connectivity index (χ2n) is 9.00. The van der Waals surface area contributed by atoms with Crippen LogP contribution >= 0.6 is 0 Å². The Balaban J connectivity index is 1.93. The van der Waals surface area contributed by atoms with Crippen molar-refractivity contribution < 1.29 is 27.9 Å². The molecule has 3 N–H and O–H groups in total. The third-order valence-electron chi connectivity index (χ3n) is 6.19. The van der Waals surface area contributed by atoms with Crippen LogP contribution in [0.1, 0.15) is 26.3 Å². The molecule has 9 nitrogen and oxygen atoms in total. The van der Waals surface area contributed by atoms with Crippen LogP contribution in [-0.2, 0) is 15.8 Å². The monoisotopic (exact) mass is 492 g/mol. The van der Waals surface area contributed by atoms with Gasteiger partial charge in [0, 0.05) is 23.5 Å². The van der Waals surface area contributed by atoms with Gasteiger partial charge in [0.05, 0.1) is 26.9 Å². The number of nitrogens with two attached hydrogens (primary N) is 1. The van der Waals surface area contributed by atoms with E-state index in [1.807, 2.05) is 0 Å². The Labute approximate surface area is 207 Å². The fourth-order valence-electron chi connectivity index (χ4n) is 4.57. The Morgan fingerprint density at radius 2 is 1.81 bits per heavy atom. The van der Waals surface area contributed by atoms with E-state index < -0.39 is 45.6 Å². The van der Waals surface area contributed by atoms with Crippen molar-refractivity contribution >= 4 is 52.4 Å². The van der Waals surface area contributed by atoms with Crippen molar-refractivity contribution in [2.45, 2.75) is 43.4 Å². The van der Waals surface area contributed by atoms with Crippen LogP contribution in [0.15, 0.2) is 36.7 Å². The molecule has 0 aliphatic carbocycles. The van der Waals surface area contributed by atoms with Crippen LogP contribution in [0.25, 0.3) is 16.8 Å². The second kappa shape index (κ2) is 7.76. The molecule has 2 amide bonds. The number of anilines is 2. The number of amides is 2. The maximum absolute atomic E-state index is 13.7. The molecular weight excluding hydrogens is 474 g/mol. The van der Waals surface area contributed by atoms with Crippen molar-refractivity contribution in [2.24, 2.45) is 0 Å².